The van der Waals surface area contributed by atoms with E-state index in [1.165, 1.54) is 7.11 Å². The van der Waals surface area contributed by atoms with E-state index < -0.39 is 0 Å². The van der Waals surface area contributed by atoms with E-state index in [1.807, 2.05) is 13.0 Å². The number of halogens is 1. The van der Waals surface area contributed by atoms with Crippen LogP contribution in [0.25, 0.3) is 0 Å². The highest BCUT2D eigenvalue weighted by Gasteiger charge is 2.36. The molecule has 0 amide bonds. The van der Waals surface area contributed by atoms with Gasteiger partial charge in [-0.1, -0.05) is 30.7 Å². The maximum Gasteiger partial charge on any atom is 0.310 e. The molecule has 4 nitrogen and oxygen atoms in total. The van der Waals surface area contributed by atoms with E-state index in [2.05, 4.69) is 4.90 Å². The summed E-state index contributed by atoms with van der Waals surface area (Å²) in [6.45, 7) is 3.40. The summed E-state index contributed by atoms with van der Waals surface area (Å²) in [5, 5.41) is 0.591. The molecule has 1 aliphatic heterocycles. The number of esters is 1. The minimum absolute atomic E-state index is 0.130. The molecule has 1 aromatic carbocycles. The second kappa shape index (κ2) is 5.97. The van der Waals surface area contributed by atoms with Crippen LogP contribution >= 0.6 is 23.8 Å². The molecule has 1 aliphatic rings. The number of rotatable bonds is 3. The van der Waals surface area contributed by atoms with E-state index in [0.29, 0.717) is 16.6 Å². The first-order chi connectivity index (χ1) is 9.43. The van der Waals surface area contributed by atoms with Crippen LogP contribution in [0.4, 0.5) is 5.69 Å². The number of methoxy groups -OCH3 is 1. The summed E-state index contributed by atoms with van der Waals surface area (Å²) in [6, 6.07) is 5.45. The fourth-order valence-electron chi connectivity index (χ4n) is 2.60. The largest absolute Gasteiger partial charge is 0.469 e. The van der Waals surface area contributed by atoms with E-state index in [4.69, 9.17) is 34.3 Å². The minimum atomic E-state index is -0.175. The van der Waals surface area contributed by atoms with Crippen molar-refractivity contribution in [1.82, 2.24) is 0 Å². The molecule has 0 spiro atoms. The number of nitrogens with two attached hydrogens (primary N) is 1. The lowest BCUT2D eigenvalue weighted by molar-refractivity contribution is -0.145. The molecule has 0 radical (unpaired) electrons. The molecule has 0 aliphatic carbocycles. The third-order valence-electron chi connectivity index (χ3n) is 3.68. The number of carbonyl (C=O) groups excluding carboxylic acids is 1. The second-order valence-electron chi connectivity index (χ2n) is 5.04. The first-order valence-corrected chi connectivity index (χ1v) is 7.14. The SMILES string of the molecule is COC(=O)C1CN(c2ccc(Cl)cc2C(N)=S)CC1C. The summed E-state index contributed by atoms with van der Waals surface area (Å²) in [7, 11) is 1.42. The number of hydrogen-bond acceptors (Lipinski definition) is 4. The lowest BCUT2D eigenvalue weighted by Crippen LogP contribution is -2.26. The summed E-state index contributed by atoms with van der Waals surface area (Å²) in [6.07, 6.45) is 0. The average Bonchev–Trinajstić information content (AvgIpc) is 2.79. The molecule has 20 heavy (non-hydrogen) atoms. The van der Waals surface area contributed by atoms with Gasteiger partial charge in [-0.2, -0.15) is 0 Å². The highest BCUT2D eigenvalue weighted by Crippen LogP contribution is 2.32. The Labute approximate surface area is 128 Å². The molecule has 2 atom stereocenters. The van der Waals surface area contributed by atoms with Crippen molar-refractivity contribution < 1.29 is 9.53 Å². The van der Waals surface area contributed by atoms with Crippen LogP contribution in [-0.4, -0.2) is 31.2 Å². The fraction of sp³-hybridized carbons (Fsp3) is 0.429. The maximum absolute atomic E-state index is 11.8. The first-order valence-electron chi connectivity index (χ1n) is 6.36. The van der Waals surface area contributed by atoms with Crippen molar-refractivity contribution in [2.24, 2.45) is 17.6 Å². The van der Waals surface area contributed by atoms with Gasteiger partial charge in [-0.3, -0.25) is 4.79 Å². The van der Waals surface area contributed by atoms with E-state index in [0.717, 1.165) is 17.8 Å². The lowest BCUT2D eigenvalue weighted by Gasteiger charge is -2.21. The van der Waals surface area contributed by atoms with Gasteiger partial charge in [0.1, 0.15) is 4.99 Å². The minimum Gasteiger partial charge on any atom is -0.469 e. The topological polar surface area (TPSA) is 55.6 Å². The number of carbonyl (C=O) groups is 1. The molecule has 2 N–H and O–H groups in total. The Morgan fingerprint density at radius 1 is 1.50 bits per heavy atom. The van der Waals surface area contributed by atoms with Gasteiger partial charge >= 0.3 is 5.97 Å². The molecule has 0 aromatic heterocycles. The summed E-state index contributed by atoms with van der Waals surface area (Å²) < 4.78 is 4.85. The third-order valence-corrected chi connectivity index (χ3v) is 4.14. The Morgan fingerprint density at radius 3 is 2.80 bits per heavy atom. The highest BCUT2D eigenvalue weighted by atomic mass is 35.5. The van der Waals surface area contributed by atoms with E-state index >= 15 is 0 Å². The Kier molecular flexibility index (Phi) is 4.50. The predicted molar refractivity (Wildman–Crippen MR) is 84.2 cm³/mol. The van der Waals surface area contributed by atoms with Crippen LogP contribution in [0.5, 0.6) is 0 Å². The zero-order chi connectivity index (χ0) is 14.9. The van der Waals surface area contributed by atoms with Crippen molar-refractivity contribution in [3.8, 4) is 0 Å². The van der Waals surface area contributed by atoms with Crippen molar-refractivity contribution >= 4 is 40.5 Å². The van der Waals surface area contributed by atoms with E-state index in [-0.39, 0.29) is 17.8 Å². The van der Waals surface area contributed by atoms with Crippen molar-refractivity contribution in [3.63, 3.8) is 0 Å². The standard InChI is InChI=1S/C14H17ClN2O2S/c1-8-6-17(7-11(8)14(18)19-2)12-4-3-9(15)5-10(12)13(16)20/h3-5,8,11H,6-7H2,1-2H3,(H2,16,20). The number of nitrogens with zero attached hydrogens (tertiary/aromatic N) is 1. The first kappa shape index (κ1) is 15.1. The fourth-order valence-corrected chi connectivity index (χ4v) is 2.94. The van der Waals surface area contributed by atoms with Gasteiger partial charge in [0.05, 0.1) is 13.0 Å². The van der Waals surface area contributed by atoms with Crippen molar-refractivity contribution in [1.29, 1.82) is 0 Å². The van der Waals surface area contributed by atoms with Gasteiger partial charge in [0, 0.05) is 29.4 Å². The summed E-state index contributed by atoms with van der Waals surface area (Å²) in [4.78, 5) is 14.2. The third kappa shape index (κ3) is 2.88. The van der Waals surface area contributed by atoms with Gasteiger partial charge in [0.25, 0.3) is 0 Å². The van der Waals surface area contributed by atoms with Crippen LogP contribution in [0.15, 0.2) is 18.2 Å². The number of ether oxygens (including phenoxy) is 1. The molecule has 1 aromatic rings. The molecule has 2 rings (SSSR count). The number of thiocarbonyl (C=S) groups is 1. The molecule has 1 heterocycles. The van der Waals surface area contributed by atoms with Crippen molar-refractivity contribution in [2.45, 2.75) is 6.92 Å². The molecule has 1 fully saturated rings. The zero-order valence-corrected chi connectivity index (χ0v) is 13.0. The maximum atomic E-state index is 11.8. The number of benzene rings is 1. The van der Waals surface area contributed by atoms with Gasteiger partial charge < -0.3 is 15.4 Å². The molecule has 6 heteroatoms. The molecule has 0 saturated carbocycles. The van der Waals surface area contributed by atoms with Gasteiger partial charge in [0.2, 0.25) is 0 Å². The lowest BCUT2D eigenvalue weighted by atomic mass is 9.99. The molecule has 0 bridgehead atoms. The smallest absolute Gasteiger partial charge is 0.310 e. The molecule has 2 unspecified atom stereocenters. The highest BCUT2D eigenvalue weighted by molar-refractivity contribution is 7.80. The number of hydrogen-bond donors (Lipinski definition) is 1. The molecule has 108 valence electrons. The predicted octanol–water partition coefficient (Wildman–Crippen LogP) is 2.22. The molecule has 1 saturated heterocycles. The Balaban J connectivity index is 2.30. The van der Waals surface area contributed by atoms with Crippen LogP contribution in [-0.2, 0) is 9.53 Å². The van der Waals surface area contributed by atoms with E-state index in [1.54, 1.807) is 12.1 Å². The normalized spacial score (nSPS) is 21.9. The Hall–Kier alpha value is -1.33. The average molecular weight is 313 g/mol. The number of anilines is 1. The summed E-state index contributed by atoms with van der Waals surface area (Å²) in [5.41, 5.74) is 7.42. The van der Waals surface area contributed by atoms with Crippen LogP contribution in [0.2, 0.25) is 5.02 Å². The quantitative estimate of drug-likeness (QED) is 0.685. The molecular weight excluding hydrogens is 296 g/mol. The van der Waals surface area contributed by atoms with Gasteiger partial charge in [-0.15, -0.1) is 0 Å². The van der Waals surface area contributed by atoms with Crippen LogP contribution < -0.4 is 10.6 Å². The van der Waals surface area contributed by atoms with Gasteiger partial charge in [0.15, 0.2) is 0 Å². The second-order valence-corrected chi connectivity index (χ2v) is 5.91. The molecular formula is C14H17ClN2O2S. The summed E-state index contributed by atoms with van der Waals surface area (Å²) in [5.74, 6) is -0.0852. The van der Waals surface area contributed by atoms with Crippen molar-refractivity contribution in [3.05, 3.63) is 28.8 Å². The van der Waals surface area contributed by atoms with Crippen molar-refractivity contribution in [2.75, 3.05) is 25.1 Å². The van der Waals surface area contributed by atoms with E-state index in [9.17, 15) is 4.79 Å². The Morgan fingerprint density at radius 2 is 2.20 bits per heavy atom. The van der Waals surface area contributed by atoms with Crippen LogP contribution in [0, 0.1) is 11.8 Å². The summed E-state index contributed by atoms with van der Waals surface area (Å²) >= 11 is 11.1. The zero-order valence-electron chi connectivity index (χ0n) is 11.4. The van der Waals surface area contributed by atoms with Gasteiger partial charge in [-0.25, -0.2) is 0 Å². The van der Waals surface area contributed by atoms with Gasteiger partial charge in [-0.05, 0) is 24.1 Å². The van der Waals surface area contributed by atoms with Crippen LogP contribution in [0.3, 0.4) is 0 Å². The Bertz CT molecular complexity index is 550. The monoisotopic (exact) mass is 312 g/mol. The van der Waals surface area contributed by atoms with Crippen LogP contribution in [0.1, 0.15) is 12.5 Å².